The number of halogens is 3. The fraction of sp³-hybridized carbons (Fsp3) is 0.500. The Morgan fingerprint density at radius 1 is 1.15 bits per heavy atom. The number of nitrogen functional groups attached to an aromatic ring is 1. The molecule has 4 rings (SSSR count). The highest BCUT2D eigenvalue weighted by Gasteiger charge is 2.39. The number of unbranched alkanes of at least 4 members (excludes halogenated alkanes) is 1. The highest BCUT2D eigenvalue weighted by atomic mass is 32.2. The van der Waals surface area contributed by atoms with Crippen molar-refractivity contribution in [3.63, 3.8) is 0 Å². The van der Waals surface area contributed by atoms with Gasteiger partial charge in [-0.2, -0.15) is 5.26 Å². The maximum Gasteiger partial charge on any atom is 0.262 e. The molecule has 2 aliphatic rings. The van der Waals surface area contributed by atoms with Crippen molar-refractivity contribution in [1.29, 1.82) is 5.26 Å². The zero-order valence-electron chi connectivity index (χ0n) is 22.1. The third-order valence-electron chi connectivity index (χ3n) is 6.81. The minimum Gasteiger partial charge on any atom is -0.395 e. The molecule has 1 saturated heterocycles. The van der Waals surface area contributed by atoms with Crippen LogP contribution in [-0.4, -0.2) is 55.1 Å². The molecule has 0 bridgehead atoms. The zero-order chi connectivity index (χ0) is 28.3. The number of methoxy groups -OCH3 is 1. The summed E-state index contributed by atoms with van der Waals surface area (Å²) in [5, 5.41) is 8.91. The fourth-order valence-corrected chi connectivity index (χ4v) is 6.09. The summed E-state index contributed by atoms with van der Waals surface area (Å²) in [6, 6.07) is 11.1. The van der Waals surface area contributed by atoms with Crippen LogP contribution >= 0.6 is 23.7 Å². The lowest BCUT2D eigenvalue weighted by atomic mass is 9.84. The number of alkyl halides is 1. The van der Waals surface area contributed by atoms with Crippen molar-refractivity contribution in [3.8, 4) is 6.07 Å². The molecule has 0 radical (unpaired) electrons. The number of likely N-dealkylation sites (tertiary alicyclic amines) is 1. The largest absolute Gasteiger partial charge is 0.395 e. The Morgan fingerprint density at radius 2 is 1.85 bits per heavy atom. The fourth-order valence-electron chi connectivity index (χ4n) is 4.44. The lowest BCUT2D eigenvalue weighted by Crippen LogP contribution is -2.48. The van der Waals surface area contributed by atoms with Gasteiger partial charge in [0.1, 0.15) is 29.5 Å². The average Bonchev–Trinajstić information content (AvgIpc) is 2.93. The van der Waals surface area contributed by atoms with Gasteiger partial charge in [-0.3, -0.25) is 14.4 Å². The normalized spacial score (nSPS) is 16.9. The summed E-state index contributed by atoms with van der Waals surface area (Å²) in [5.41, 5.74) is 4.52. The van der Waals surface area contributed by atoms with E-state index in [1.165, 1.54) is 31.4 Å². The second-order valence-electron chi connectivity index (χ2n) is 9.64. The molecule has 2 aromatic rings. The van der Waals surface area contributed by atoms with Gasteiger partial charge < -0.3 is 10.5 Å². The summed E-state index contributed by atoms with van der Waals surface area (Å²) in [6.45, 7) is 2.24. The predicted octanol–water partition coefficient (Wildman–Crippen LogP) is 6.10. The van der Waals surface area contributed by atoms with E-state index in [0.717, 1.165) is 61.2 Å². The molecule has 1 heterocycles. The number of ether oxygens (including phenoxy) is 1. The van der Waals surface area contributed by atoms with Crippen molar-refractivity contribution in [1.82, 2.24) is 9.62 Å². The van der Waals surface area contributed by atoms with E-state index in [9.17, 15) is 18.0 Å². The summed E-state index contributed by atoms with van der Waals surface area (Å²) in [4.78, 5) is 16.1. The van der Waals surface area contributed by atoms with Crippen LogP contribution in [-0.2, 0) is 9.53 Å². The number of thioether (sulfide) groups is 1. The maximum absolute atomic E-state index is 13.6. The Bertz CT molecular complexity index is 1120. The first-order valence-electron chi connectivity index (χ1n) is 13.0. The lowest BCUT2D eigenvalue weighted by molar-refractivity contribution is -0.145. The van der Waals surface area contributed by atoms with Gasteiger partial charge in [-0.15, -0.1) is 11.8 Å². The molecular formula is C28H35F3N4O2S2. The zero-order valence-corrected chi connectivity index (χ0v) is 23.7. The van der Waals surface area contributed by atoms with Crippen molar-refractivity contribution in [3.05, 3.63) is 53.6 Å². The number of hydrogen-bond donors (Lipinski definition) is 2. The van der Waals surface area contributed by atoms with Crippen molar-refractivity contribution >= 4 is 35.3 Å². The first kappa shape index (κ1) is 31.1. The van der Waals surface area contributed by atoms with Gasteiger partial charge in [-0.25, -0.2) is 13.2 Å². The molecule has 2 fully saturated rings. The third kappa shape index (κ3) is 9.34. The molecule has 1 amide bonds. The Hall–Kier alpha value is -2.39. The van der Waals surface area contributed by atoms with E-state index in [1.54, 1.807) is 11.8 Å². The number of anilines is 1. The van der Waals surface area contributed by atoms with Gasteiger partial charge in [0.05, 0.1) is 11.3 Å². The number of rotatable bonds is 10. The quantitative estimate of drug-likeness (QED) is 0.152. The monoisotopic (exact) mass is 580 g/mol. The molecule has 0 atom stereocenters. The summed E-state index contributed by atoms with van der Waals surface area (Å²) < 4.78 is 46.9. The highest BCUT2D eigenvalue weighted by molar-refractivity contribution is 7.99. The summed E-state index contributed by atoms with van der Waals surface area (Å²) in [7, 11) is 1.53. The smallest absolute Gasteiger partial charge is 0.262 e. The molecule has 0 aromatic heterocycles. The molecule has 3 N–H and O–H groups in total. The standard InChI is InChI=1S/C15H18FN3O2S.C13H17F2NS/c1-21-15(5-3-2-4-6-15)14(20)19-22-11-7-10(9-17)13(18)12(16)8-11;14-11-3-5-13(6-4-11)17-8-2-1-7-16-9-12(15)10-16/h7-8H,2-6,18H2,1H3,(H,19,20);3-6,12H,1-2,7-10H2. The number of carbonyl (C=O) groups is 1. The summed E-state index contributed by atoms with van der Waals surface area (Å²) in [5.74, 6) is -0.0447. The molecule has 1 saturated carbocycles. The van der Waals surface area contributed by atoms with Crippen molar-refractivity contribution < 1.29 is 22.7 Å². The van der Waals surface area contributed by atoms with Gasteiger partial charge in [0.25, 0.3) is 5.91 Å². The van der Waals surface area contributed by atoms with Crippen LogP contribution in [0.2, 0.25) is 0 Å². The molecule has 2 aromatic carbocycles. The van der Waals surface area contributed by atoms with Crippen LogP contribution in [0.25, 0.3) is 0 Å². The van der Waals surface area contributed by atoms with Crippen molar-refractivity contribution in [2.75, 3.05) is 38.2 Å². The Kier molecular flexibility index (Phi) is 12.3. The number of nitrogens with two attached hydrogens (primary N) is 1. The first-order valence-corrected chi connectivity index (χ1v) is 14.8. The van der Waals surface area contributed by atoms with Gasteiger partial charge in [0.2, 0.25) is 0 Å². The number of hydrogen-bond acceptors (Lipinski definition) is 7. The van der Waals surface area contributed by atoms with Crippen LogP contribution in [0.15, 0.2) is 46.2 Å². The Labute approximate surface area is 237 Å². The maximum atomic E-state index is 13.6. The highest BCUT2D eigenvalue weighted by Crippen LogP contribution is 2.33. The molecule has 0 spiro atoms. The second kappa shape index (κ2) is 15.4. The number of carbonyl (C=O) groups excluding carboxylic acids is 1. The van der Waals surface area contributed by atoms with Crippen LogP contribution in [0, 0.1) is 23.0 Å². The molecule has 0 unspecified atom stereocenters. The molecule has 1 aliphatic heterocycles. The SMILES string of the molecule is COC1(C(=O)NSc2cc(F)c(N)c(C#N)c2)CCCCC1.Fc1ccc(SCCCCN2CC(F)C2)cc1. The number of amides is 1. The molecule has 212 valence electrons. The van der Waals surface area contributed by atoms with Crippen LogP contribution in [0.4, 0.5) is 18.9 Å². The van der Waals surface area contributed by atoms with Crippen LogP contribution < -0.4 is 10.5 Å². The van der Waals surface area contributed by atoms with Crippen molar-refractivity contribution in [2.24, 2.45) is 0 Å². The van der Waals surface area contributed by atoms with E-state index < -0.39 is 17.6 Å². The number of nitriles is 1. The van der Waals surface area contributed by atoms with Gasteiger partial charge in [0.15, 0.2) is 0 Å². The van der Waals surface area contributed by atoms with E-state index in [1.807, 2.05) is 18.2 Å². The minimum absolute atomic E-state index is 0.0517. The van der Waals surface area contributed by atoms with Gasteiger partial charge in [0, 0.05) is 30.0 Å². The number of nitrogens with one attached hydrogen (secondary N) is 1. The predicted molar refractivity (Wildman–Crippen MR) is 150 cm³/mol. The Balaban J connectivity index is 0.000000223. The minimum atomic E-state index is -0.810. The van der Waals surface area contributed by atoms with E-state index in [2.05, 4.69) is 9.62 Å². The summed E-state index contributed by atoms with van der Waals surface area (Å²) >= 11 is 2.71. The van der Waals surface area contributed by atoms with E-state index >= 15 is 0 Å². The van der Waals surface area contributed by atoms with Crippen molar-refractivity contribution in [2.45, 2.75) is 66.5 Å². The van der Waals surface area contributed by atoms with Gasteiger partial charge in [-0.1, -0.05) is 19.3 Å². The number of benzene rings is 2. The summed E-state index contributed by atoms with van der Waals surface area (Å²) in [6.07, 6.45) is 5.98. The van der Waals surface area contributed by atoms with Crippen LogP contribution in [0.1, 0.15) is 50.5 Å². The van der Waals surface area contributed by atoms with Gasteiger partial charge >= 0.3 is 0 Å². The lowest BCUT2D eigenvalue weighted by Gasteiger charge is -2.34. The molecule has 39 heavy (non-hydrogen) atoms. The Morgan fingerprint density at radius 3 is 2.46 bits per heavy atom. The van der Waals surface area contributed by atoms with E-state index in [4.69, 9.17) is 15.7 Å². The average molecular weight is 581 g/mol. The van der Waals surface area contributed by atoms with Gasteiger partial charge in [-0.05, 0) is 86.3 Å². The van der Waals surface area contributed by atoms with Crippen LogP contribution in [0.3, 0.4) is 0 Å². The van der Waals surface area contributed by atoms with E-state index in [-0.39, 0.29) is 23.0 Å². The molecule has 6 nitrogen and oxygen atoms in total. The third-order valence-corrected chi connectivity index (χ3v) is 8.67. The second-order valence-corrected chi connectivity index (χ2v) is 11.7. The molecule has 11 heteroatoms. The molecule has 1 aliphatic carbocycles. The van der Waals surface area contributed by atoms with E-state index in [0.29, 0.717) is 30.8 Å². The van der Waals surface area contributed by atoms with Crippen LogP contribution in [0.5, 0.6) is 0 Å². The first-order chi connectivity index (χ1) is 18.8. The topological polar surface area (TPSA) is 91.4 Å². The molecular weight excluding hydrogens is 545 g/mol. The number of nitrogens with zero attached hydrogens (tertiary/aromatic N) is 2.